The van der Waals surface area contributed by atoms with Crippen molar-refractivity contribution in [3.63, 3.8) is 0 Å². The molecule has 8 nitrogen and oxygen atoms in total. The number of aromatic amines is 2. The maximum absolute atomic E-state index is 13.7. The zero-order valence-corrected chi connectivity index (χ0v) is 31.8. The van der Waals surface area contributed by atoms with E-state index >= 15 is 0 Å². The first-order valence-corrected chi connectivity index (χ1v) is 18.8. The highest BCUT2D eigenvalue weighted by Gasteiger charge is 2.41. The van der Waals surface area contributed by atoms with Gasteiger partial charge in [-0.15, -0.1) is 0 Å². The second-order valence-electron chi connectivity index (χ2n) is 17.2. The summed E-state index contributed by atoms with van der Waals surface area (Å²) in [5.74, 6) is 0.917. The molecule has 2 aliphatic carbocycles. The van der Waals surface area contributed by atoms with E-state index in [-0.39, 0.29) is 68.6 Å². The van der Waals surface area contributed by atoms with E-state index in [4.69, 9.17) is 4.98 Å². The highest BCUT2D eigenvalue weighted by Crippen LogP contribution is 2.40. The second kappa shape index (κ2) is 14.9. The molecule has 0 radical (unpaired) electrons. The van der Waals surface area contributed by atoms with Gasteiger partial charge in [0, 0.05) is 48.6 Å². The maximum Gasteiger partial charge on any atom is 0.248 e. The number of imidazole rings is 2. The summed E-state index contributed by atoms with van der Waals surface area (Å²) in [6.07, 6.45) is 1.32. The van der Waals surface area contributed by atoms with Gasteiger partial charge in [0.2, 0.25) is 23.7 Å². The molecular formula is C42H50F4N6O2. The highest BCUT2D eigenvalue weighted by atomic mass is 19.3. The smallest absolute Gasteiger partial charge is 0.248 e. The van der Waals surface area contributed by atoms with Crippen molar-refractivity contribution < 1.29 is 27.2 Å². The van der Waals surface area contributed by atoms with Gasteiger partial charge in [0.25, 0.3) is 0 Å². The first-order valence-electron chi connectivity index (χ1n) is 18.8. The van der Waals surface area contributed by atoms with E-state index < -0.39 is 41.2 Å². The van der Waals surface area contributed by atoms with Crippen LogP contribution in [0.3, 0.4) is 0 Å². The standard InChI is InChI=1S/C42H50F4N6O2/c1-39(2,3)33(51-37(53)28-15-19-41(43,44)20-16-28)35-47-24-32(50-35)27-12-9-25(10-13-27)7-8-26-11-14-30-31(23-26)49-36(48-30)34(40(4,5)6)52-38(54)29-17-21-42(45,46)22-18-29/h9-14,23-24,28-29,33-34H,15-22H2,1-6H3,(H,47,50)(H,48,49)(H,51,53)(H,52,54)/t33-,34?/m1/s1. The first kappa shape index (κ1) is 39.0. The van der Waals surface area contributed by atoms with Crippen LogP contribution in [-0.4, -0.2) is 43.6 Å². The fraction of sp³-hybridized carbons (Fsp3) is 0.524. The Balaban J connectivity index is 1.12. The number of carbonyl (C=O) groups excluding carboxylic acids is 2. The van der Waals surface area contributed by atoms with Crippen molar-refractivity contribution in [1.29, 1.82) is 0 Å². The number of amides is 2. The number of benzene rings is 2. The van der Waals surface area contributed by atoms with Crippen LogP contribution in [0.2, 0.25) is 0 Å². The minimum atomic E-state index is -2.70. The molecule has 2 aliphatic rings. The van der Waals surface area contributed by atoms with Crippen molar-refractivity contribution in [1.82, 2.24) is 30.6 Å². The molecule has 2 amide bonds. The molecule has 12 heteroatoms. The Labute approximate surface area is 314 Å². The number of rotatable bonds is 7. The summed E-state index contributed by atoms with van der Waals surface area (Å²) < 4.78 is 54.7. The lowest BCUT2D eigenvalue weighted by Gasteiger charge is -2.33. The number of nitrogens with one attached hydrogen (secondary N) is 4. The average molecular weight is 747 g/mol. The van der Waals surface area contributed by atoms with Crippen molar-refractivity contribution in [2.75, 3.05) is 0 Å². The van der Waals surface area contributed by atoms with Gasteiger partial charge >= 0.3 is 0 Å². The predicted molar refractivity (Wildman–Crippen MR) is 201 cm³/mol. The number of hydrogen-bond donors (Lipinski definition) is 4. The van der Waals surface area contributed by atoms with Crippen molar-refractivity contribution in [3.8, 4) is 23.1 Å². The fourth-order valence-corrected chi connectivity index (χ4v) is 7.27. The molecule has 0 aliphatic heterocycles. The van der Waals surface area contributed by atoms with Gasteiger partial charge in [-0.25, -0.2) is 27.5 Å². The molecule has 2 aromatic carbocycles. The Hall–Kier alpha value is -4.66. The largest absolute Gasteiger partial charge is 0.345 e. The molecular weight excluding hydrogens is 696 g/mol. The number of halogens is 4. The number of H-pyrrole nitrogens is 2. The number of nitrogens with zero attached hydrogens (tertiary/aromatic N) is 2. The molecule has 2 heterocycles. The quantitative estimate of drug-likeness (QED) is 0.111. The van der Waals surface area contributed by atoms with Gasteiger partial charge in [-0.2, -0.15) is 0 Å². The summed E-state index contributed by atoms with van der Waals surface area (Å²) in [5.41, 5.74) is 3.97. The van der Waals surface area contributed by atoms with E-state index in [1.165, 1.54) is 0 Å². The van der Waals surface area contributed by atoms with Crippen LogP contribution in [0.25, 0.3) is 22.3 Å². The monoisotopic (exact) mass is 746 g/mol. The predicted octanol–water partition coefficient (Wildman–Crippen LogP) is 9.41. The summed E-state index contributed by atoms with van der Waals surface area (Å²) in [6, 6.07) is 12.5. The van der Waals surface area contributed by atoms with Crippen LogP contribution in [-0.2, 0) is 9.59 Å². The number of aromatic nitrogens is 4. The van der Waals surface area contributed by atoms with Gasteiger partial charge in [-0.3, -0.25) is 9.59 Å². The van der Waals surface area contributed by atoms with Gasteiger partial charge in [0.05, 0.1) is 35.0 Å². The molecule has 4 N–H and O–H groups in total. The Kier molecular flexibility index (Phi) is 10.8. The third kappa shape index (κ3) is 9.34. The number of alkyl halides is 4. The minimum Gasteiger partial charge on any atom is -0.345 e. The lowest BCUT2D eigenvalue weighted by molar-refractivity contribution is -0.131. The molecule has 1 unspecified atom stereocenters. The fourth-order valence-electron chi connectivity index (χ4n) is 7.27. The van der Waals surface area contributed by atoms with Gasteiger partial charge in [0.1, 0.15) is 11.6 Å². The molecule has 0 bridgehead atoms. The first-order chi connectivity index (χ1) is 25.3. The molecule has 54 heavy (non-hydrogen) atoms. The van der Waals surface area contributed by atoms with Crippen LogP contribution < -0.4 is 10.6 Å². The van der Waals surface area contributed by atoms with Crippen LogP contribution in [0, 0.1) is 34.5 Å². The van der Waals surface area contributed by atoms with Crippen LogP contribution >= 0.6 is 0 Å². The number of fused-ring (bicyclic) bond motifs is 1. The third-order valence-electron chi connectivity index (χ3n) is 10.7. The van der Waals surface area contributed by atoms with E-state index in [2.05, 4.69) is 37.4 Å². The molecule has 0 saturated heterocycles. The molecule has 2 aromatic heterocycles. The van der Waals surface area contributed by atoms with Crippen molar-refractivity contribution in [3.05, 3.63) is 71.4 Å². The molecule has 2 atom stereocenters. The lowest BCUT2D eigenvalue weighted by atomic mass is 9.83. The SMILES string of the molecule is CC(C)(C)C(NC(=O)C1CCC(F)(F)CC1)c1nc2ccc(C#Cc3ccc(-c4cnc([C@@H](NC(=O)C5CCC(F)(F)CC5)C(C)(C)C)[nH]4)cc3)cc2[nH]1. The van der Waals surface area contributed by atoms with Gasteiger partial charge in [-0.1, -0.05) is 65.5 Å². The second-order valence-corrected chi connectivity index (χ2v) is 17.2. The molecule has 6 rings (SSSR count). The molecule has 2 saturated carbocycles. The van der Waals surface area contributed by atoms with E-state index in [0.29, 0.717) is 11.6 Å². The van der Waals surface area contributed by atoms with Crippen LogP contribution in [0.1, 0.15) is 128 Å². The van der Waals surface area contributed by atoms with E-state index in [1.807, 2.05) is 84.0 Å². The topological polar surface area (TPSA) is 116 Å². The lowest BCUT2D eigenvalue weighted by Crippen LogP contribution is -2.42. The normalized spacial score (nSPS) is 19.1. The third-order valence-corrected chi connectivity index (χ3v) is 10.7. The van der Waals surface area contributed by atoms with Crippen LogP contribution in [0.4, 0.5) is 17.6 Å². The molecule has 4 aromatic rings. The Morgan fingerprint density at radius 3 is 1.72 bits per heavy atom. The summed E-state index contributed by atoms with van der Waals surface area (Å²) in [7, 11) is 0. The molecule has 288 valence electrons. The van der Waals surface area contributed by atoms with Crippen molar-refractivity contribution in [2.24, 2.45) is 22.7 Å². The summed E-state index contributed by atoms with van der Waals surface area (Å²) >= 11 is 0. The van der Waals surface area contributed by atoms with Crippen LogP contribution in [0.5, 0.6) is 0 Å². The summed E-state index contributed by atoms with van der Waals surface area (Å²) in [4.78, 5) is 42.3. The number of carbonyl (C=O) groups is 2. The zero-order chi connectivity index (χ0) is 39.1. The van der Waals surface area contributed by atoms with E-state index in [1.54, 1.807) is 6.20 Å². The Morgan fingerprint density at radius 1 is 0.722 bits per heavy atom. The van der Waals surface area contributed by atoms with E-state index in [9.17, 15) is 27.2 Å². The van der Waals surface area contributed by atoms with Gasteiger partial charge in [0.15, 0.2) is 0 Å². The van der Waals surface area contributed by atoms with E-state index in [0.717, 1.165) is 33.4 Å². The molecule has 2 fully saturated rings. The van der Waals surface area contributed by atoms with Crippen molar-refractivity contribution >= 4 is 22.8 Å². The maximum atomic E-state index is 13.7. The highest BCUT2D eigenvalue weighted by molar-refractivity contribution is 5.81. The zero-order valence-electron chi connectivity index (χ0n) is 31.8. The Morgan fingerprint density at radius 2 is 1.20 bits per heavy atom. The average Bonchev–Trinajstić information content (AvgIpc) is 3.75. The summed E-state index contributed by atoms with van der Waals surface area (Å²) in [5, 5.41) is 6.18. The van der Waals surface area contributed by atoms with Gasteiger partial charge < -0.3 is 20.6 Å². The Bertz CT molecular complexity index is 2020. The summed E-state index contributed by atoms with van der Waals surface area (Å²) in [6.45, 7) is 12.0. The van der Waals surface area contributed by atoms with Gasteiger partial charge in [-0.05, 0) is 72.4 Å². The molecule has 0 spiro atoms. The number of hydrogen-bond acceptors (Lipinski definition) is 4. The minimum absolute atomic E-state index is 0.167. The van der Waals surface area contributed by atoms with Crippen molar-refractivity contribution in [2.45, 2.75) is 117 Å². The van der Waals surface area contributed by atoms with Crippen LogP contribution in [0.15, 0.2) is 48.7 Å².